The van der Waals surface area contributed by atoms with Gasteiger partial charge >= 0.3 is 12.0 Å². The molecule has 21 heavy (non-hydrogen) atoms. The van der Waals surface area contributed by atoms with E-state index in [0.29, 0.717) is 18.7 Å². The highest BCUT2D eigenvalue weighted by Crippen LogP contribution is 2.25. The summed E-state index contributed by atoms with van der Waals surface area (Å²) in [6.45, 7) is 2.54. The zero-order chi connectivity index (χ0) is 15.6. The van der Waals surface area contributed by atoms with Gasteiger partial charge in [0, 0.05) is 13.1 Å². The fourth-order valence-electron chi connectivity index (χ4n) is 2.48. The molecule has 1 fully saturated rings. The van der Waals surface area contributed by atoms with Gasteiger partial charge in [0.05, 0.1) is 16.6 Å². The second-order valence-corrected chi connectivity index (χ2v) is 5.74. The second kappa shape index (κ2) is 6.30. The number of nitrogens with one attached hydrogen (secondary N) is 1. The molecule has 1 aliphatic heterocycles. The van der Waals surface area contributed by atoms with Gasteiger partial charge in [0.25, 0.3) is 0 Å². The van der Waals surface area contributed by atoms with E-state index in [1.54, 1.807) is 0 Å². The van der Waals surface area contributed by atoms with Crippen molar-refractivity contribution < 1.29 is 19.1 Å². The molecular formula is C14H16ClFN2O3. The van der Waals surface area contributed by atoms with E-state index < -0.39 is 23.7 Å². The first-order valence-corrected chi connectivity index (χ1v) is 6.98. The molecule has 0 aromatic heterocycles. The molecule has 1 aromatic carbocycles. The summed E-state index contributed by atoms with van der Waals surface area (Å²) in [5, 5.41) is 11.8. The number of nitrogens with zero attached hydrogens (tertiary/aromatic N) is 1. The maximum atomic E-state index is 13.0. The Bertz CT molecular complexity index is 567. The molecule has 1 aliphatic rings. The summed E-state index contributed by atoms with van der Waals surface area (Å²) < 4.78 is 13.0. The number of carbonyl (C=O) groups excluding carboxylic acids is 1. The van der Waals surface area contributed by atoms with Gasteiger partial charge in [-0.05, 0) is 30.5 Å². The Hall–Kier alpha value is -1.82. The maximum absolute atomic E-state index is 13.0. The molecule has 2 atom stereocenters. The fourth-order valence-corrected chi connectivity index (χ4v) is 2.70. The number of piperidine rings is 1. The zero-order valence-electron chi connectivity index (χ0n) is 11.5. The van der Waals surface area contributed by atoms with Crippen LogP contribution in [0.3, 0.4) is 0 Å². The van der Waals surface area contributed by atoms with Crippen molar-refractivity contribution in [1.29, 1.82) is 0 Å². The third-order valence-corrected chi connectivity index (χ3v) is 3.78. The molecule has 2 N–H and O–H groups in total. The van der Waals surface area contributed by atoms with Crippen molar-refractivity contribution in [3.63, 3.8) is 0 Å². The number of hydrogen-bond donors (Lipinski definition) is 2. The summed E-state index contributed by atoms with van der Waals surface area (Å²) in [4.78, 5) is 24.7. The Kier molecular flexibility index (Phi) is 4.67. The second-order valence-electron chi connectivity index (χ2n) is 5.34. The van der Waals surface area contributed by atoms with Crippen LogP contribution in [0, 0.1) is 17.7 Å². The summed E-state index contributed by atoms with van der Waals surface area (Å²) >= 11 is 5.85. The van der Waals surface area contributed by atoms with Crippen LogP contribution >= 0.6 is 11.6 Å². The van der Waals surface area contributed by atoms with Crippen LogP contribution in [-0.4, -0.2) is 35.1 Å². The van der Waals surface area contributed by atoms with Gasteiger partial charge in [-0.2, -0.15) is 0 Å². The quantitative estimate of drug-likeness (QED) is 0.881. The number of carboxylic acids is 1. The number of hydrogen-bond acceptors (Lipinski definition) is 2. The summed E-state index contributed by atoms with van der Waals surface area (Å²) in [5.41, 5.74) is 0.299. The Morgan fingerprint density at radius 3 is 2.76 bits per heavy atom. The SMILES string of the molecule is CC1CC(C(=O)O)CN(C(=O)Nc2ccc(F)cc2Cl)C1. The van der Waals surface area contributed by atoms with Crippen molar-refractivity contribution in [2.24, 2.45) is 11.8 Å². The first-order chi connectivity index (χ1) is 9.86. The standard InChI is InChI=1S/C14H16ClFN2O3/c1-8-4-9(13(19)20)7-18(6-8)14(21)17-12-3-2-10(16)5-11(12)15/h2-3,5,8-9H,4,6-7H2,1H3,(H,17,21)(H,19,20). The van der Waals surface area contributed by atoms with Gasteiger partial charge in [0.1, 0.15) is 5.82 Å². The molecule has 1 heterocycles. The summed E-state index contributed by atoms with van der Waals surface area (Å²) in [7, 11) is 0. The number of carboxylic acid groups (broad SMARTS) is 1. The normalized spacial score (nSPS) is 22.0. The summed E-state index contributed by atoms with van der Waals surface area (Å²) in [6, 6.07) is 3.25. The number of anilines is 1. The van der Waals surface area contributed by atoms with Crippen LogP contribution in [0.5, 0.6) is 0 Å². The van der Waals surface area contributed by atoms with Gasteiger partial charge in [0.15, 0.2) is 0 Å². The smallest absolute Gasteiger partial charge is 0.321 e. The average Bonchev–Trinajstić information content (AvgIpc) is 2.41. The van der Waals surface area contributed by atoms with Crippen molar-refractivity contribution >= 4 is 29.3 Å². The lowest BCUT2D eigenvalue weighted by Gasteiger charge is -2.34. The topological polar surface area (TPSA) is 69.6 Å². The third kappa shape index (κ3) is 3.85. The minimum absolute atomic E-state index is 0.100. The van der Waals surface area contributed by atoms with E-state index in [1.807, 2.05) is 6.92 Å². The maximum Gasteiger partial charge on any atom is 0.321 e. The molecule has 0 radical (unpaired) electrons. The predicted molar refractivity (Wildman–Crippen MR) is 76.9 cm³/mol. The largest absolute Gasteiger partial charge is 0.481 e. The molecular weight excluding hydrogens is 299 g/mol. The number of aliphatic carboxylic acids is 1. The number of amides is 2. The van der Waals surface area contributed by atoms with E-state index in [0.717, 1.165) is 6.07 Å². The summed E-state index contributed by atoms with van der Waals surface area (Å²) in [5.74, 6) is -1.85. The molecule has 0 bridgehead atoms. The Balaban J connectivity index is 2.07. The van der Waals surface area contributed by atoms with E-state index >= 15 is 0 Å². The molecule has 1 saturated heterocycles. The highest BCUT2D eigenvalue weighted by Gasteiger charge is 2.32. The van der Waals surface area contributed by atoms with Crippen LogP contribution < -0.4 is 5.32 Å². The first-order valence-electron chi connectivity index (χ1n) is 6.60. The molecule has 5 nitrogen and oxygen atoms in total. The number of carbonyl (C=O) groups is 2. The van der Waals surface area contributed by atoms with Gasteiger partial charge in [-0.3, -0.25) is 4.79 Å². The number of urea groups is 1. The minimum Gasteiger partial charge on any atom is -0.481 e. The Labute approximate surface area is 126 Å². The van der Waals surface area contributed by atoms with E-state index in [1.165, 1.54) is 17.0 Å². The van der Waals surface area contributed by atoms with E-state index in [2.05, 4.69) is 5.32 Å². The zero-order valence-corrected chi connectivity index (χ0v) is 12.2. The van der Waals surface area contributed by atoms with Crippen molar-refractivity contribution in [2.45, 2.75) is 13.3 Å². The molecule has 0 saturated carbocycles. The number of likely N-dealkylation sites (tertiary alicyclic amines) is 1. The Morgan fingerprint density at radius 2 is 2.14 bits per heavy atom. The van der Waals surface area contributed by atoms with Crippen molar-refractivity contribution in [1.82, 2.24) is 4.90 Å². The van der Waals surface area contributed by atoms with E-state index in [9.17, 15) is 14.0 Å². The van der Waals surface area contributed by atoms with E-state index in [-0.39, 0.29) is 17.5 Å². The highest BCUT2D eigenvalue weighted by atomic mass is 35.5. The van der Waals surface area contributed by atoms with Gasteiger partial charge in [-0.15, -0.1) is 0 Å². The first kappa shape index (κ1) is 15.6. The van der Waals surface area contributed by atoms with Gasteiger partial charge in [-0.25, -0.2) is 9.18 Å². The third-order valence-electron chi connectivity index (χ3n) is 3.47. The van der Waals surface area contributed by atoms with Gasteiger partial charge in [-0.1, -0.05) is 18.5 Å². The fraction of sp³-hybridized carbons (Fsp3) is 0.429. The van der Waals surface area contributed by atoms with Crippen molar-refractivity contribution in [2.75, 3.05) is 18.4 Å². The lowest BCUT2D eigenvalue weighted by atomic mass is 9.91. The summed E-state index contributed by atoms with van der Waals surface area (Å²) in [6.07, 6.45) is 0.552. The molecule has 2 rings (SSSR count). The lowest BCUT2D eigenvalue weighted by molar-refractivity contribution is -0.143. The van der Waals surface area contributed by atoms with Crippen LogP contribution in [0.2, 0.25) is 5.02 Å². The number of rotatable bonds is 2. The molecule has 0 spiro atoms. The molecule has 2 unspecified atom stereocenters. The molecule has 7 heteroatoms. The molecule has 114 valence electrons. The van der Waals surface area contributed by atoms with Crippen LogP contribution in [-0.2, 0) is 4.79 Å². The van der Waals surface area contributed by atoms with Crippen LogP contribution in [0.15, 0.2) is 18.2 Å². The van der Waals surface area contributed by atoms with E-state index in [4.69, 9.17) is 16.7 Å². The van der Waals surface area contributed by atoms with Crippen molar-refractivity contribution in [3.05, 3.63) is 29.0 Å². The van der Waals surface area contributed by atoms with Crippen LogP contribution in [0.4, 0.5) is 14.9 Å². The molecule has 1 aromatic rings. The molecule has 2 amide bonds. The monoisotopic (exact) mass is 314 g/mol. The highest BCUT2D eigenvalue weighted by molar-refractivity contribution is 6.33. The average molecular weight is 315 g/mol. The molecule has 0 aliphatic carbocycles. The number of halogens is 2. The minimum atomic E-state index is -0.904. The van der Waals surface area contributed by atoms with Crippen LogP contribution in [0.25, 0.3) is 0 Å². The Morgan fingerprint density at radius 1 is 1.43 bits per heavy atom. The van der Waals surface area contributed by atoms with Gasteiger partial charge < -0.3 is 15.3 Å². The lowest BCUT2D eigenvalue weighted by Crippen LogP contribution is -2.47. The van der Waals surface area contributed by atoms with Gasteiger partial charge in [0.2, 0.25) is 0 Å². The predicted octanol–water partition coefficient (Wildman–Crippen LogP) is 3.05. The number of benzene rings is 1. The van der Waals surface area contributed by atoms with Crippen LogP contribution in [0.1, 0.15) is 13.3 Å². The van der Waals surface area contributed by atoms with Crippen molar-refractivity contribution in [3.8, 4) is 0 Å².